The summed E-state index contributed by atoms with van der Waals surface area (Å²) in [5.41, 5.74) is 8.78. The molecule has 1 saturated heterocycles. The number of aryl methyl sites for hydroxylation is 1. The minimum absolute atomic E-state index is 0.468. The fourth-order valence-electron chi connectivity index (χ4n) is 3.47. The second-order valence-electron chi connectivity index (χ2n) is 7.08. The van der Waals surface area contributed by atoms with Crippen LogP contribution in [0.1, 0.15) is 11.1 Å². The van der Waals surface area contributed by atoms with Gasteiger partial charge in [0.1, 0.15) is 11.6 Å². The number of anilines is 1. The van der Waals surface area contributed by atoms with Gasteiger partial charge in [-0.1, -0.05) is 6.07 Å². The largest absolute Gasteiger partial charge is 0.437 e. The molecule has 8 nitrogen and oxygen atoms in total. The van der Waals surface area contributed by atoms with Crippen LogP contribution in [0.15, 0.2) is 42.6 Å². The minimum atomic E-state index is 0.468. The number of hydrogen-bond acceptors (Lipinski definition) is 7. The first kappa shape index (κ1) is 19.9. The summed E-state index contributed by atoms with van der Waals surface area (Å²) >= 11 is 0. The Labute approximate surface area is 175 Å². The second-order valence-corrected chi connectivity index (χ2v) is 7.08. The summed E-state index contributed by atoms with van der Waals surface area (Å²) < 4.78 is 13.4. The fourth-order valence-corrected chi connectivity index (χ4v) is 3.47. The number of aromatic nitrogens is 3. The molecule has 4 rings (SSSR count). The van der Waals surface area contributed by atoms with Crippen molar-refractivity contribution in [2.45, 2.75) is 6.42 Å². The summed E-state index contributed by atoms with van der Waals surface area (Å²) in [7, 11) is 1.89. The summed E-state index contributed by atoms with van der Waals surface area (Å²) in [6.07, 6.45) is 2.60. The number of benzene rings is 1. The van der Waals surface area contributed by atoms with Crippen molar-refractivity contribution in [3.63, 3.8) is 0 Å². The van der Waals surface area contributed by atoms with Gasteiger partial charge in [0.05, 0.1) is 30.5 Å². The molecule has 0 bridgehead atoms. The van der Waals surface area contributed by atoms with Gasteiger partial charge in [-0.25, -0.2) is 4.68 Å². The Hall–Kier alpha value is -3.41. The molecule has 2 aromatic heterocycles. The van der Waals surface area contributed by atoms with Crippen molar-refractivity contribution in [3.8, 4) is 29.0 Å². The van der Waals surface area contributed by atoms with E-state index in [1.807, 2.05) is 37.5 Å². The van der Waals surface area contributed by atoms with Crippen LogP contribution in [0.5, 0.6) is 11.6 Å². The second kappa shape index (κ2) is 8.95. The zero-order valence-electron chi connectivity index (χ0n) is 16.9. The maximum Gasteiger partial charge on any atom is 0.240 e. The third kappa shape index (κ3) is 4.27. The van der Waals surface area contributed by atoms with E-state index in [4.69, 9.17) is 15.2 Å². The Morgan fingerprint density at radius 2 is 2.03 bits per heavy atom. The number of nitrogens with zero attached hydrogens (tertiary/aromatic N) is 5. The lowest BCUT2D eigenvalue weighted by Gasteiger charge is -2.28. The van der Waals surface area contributed by atoms with E-state index in [0.29, 0.717) is 37.0 Å². The van der Waals surface area contributed by atoms with Gasteiger partial charge in [0.15, 0.2) is 0 Å². The monoisotopic (exact) mass is 404 g/mol. The van der Waals surface area contributed by atoms with Crippen LogP contribution >= 0.6 is 0 Å². The van der Waals surface area contributed by atoms with Crippen LogP contribution in [0.2, 0.25) is 0 Å². The predicted molar refractivity (Wildman–Crippen MR) is 113 cm³/mol. The average molecular weight is 404 g/mol. The molecule has 0 atom stereocenters. The molecule has 1 aromatic carbocycles. The summed E-state index contributed by atoms with van der Waals surface area (Å²) in [5.74, 6) is 1.98. The first-order valence-corrected chi connectivity index (χ1v) is 9.92. The van der Waals surface area contributed by atoms with Crippen LogP contribution in [0, 0.1) is 11.3 Å². The average Bonchev–Trinajstić information content (AvgIpc) is 3.15. The first-order chi connectivity index (χ1) is 14.7. The van der Waals surface area contributed by atoms with E-state index in [1.54, 1.807) is 16.8 Å². The third-order valence-corrected chi connectivity index (χ3v) is 5.03. The van der Waals surface area contributed by atoms with Crippen molar-refractivity contribution in [2.24, 2.45) is 12.8 Å². The maximum atomic E-state index is 9.33. The van der Waals surface area contributed by atoms with E-state index >= 15 is 0 Å². The Morgan fingerprint density at radius 1 is 1.20 bits per heavy atom. The van der Waals surface area contributed by atoms with Crippen molar-refractivity contribution >= 4 is 5.82 Å². The number of nitrogens with two attached hydrogens (primary N) is 1. The van der Waals surface area contributed by atoms with Gasteiger partial charge in [-0.05, 0) is 42.8 Å². The van der Waals surface area contributed by atoms with Gasteiger partial charge in [-0.3, -0.25) is 4.98 Å². The minimum Gasteiger partial charge on any atom is -0.437 e. The van der Waals surface area contributed by atoms with Gasteiger partial charge < -0.3 is 20.1 Å². The zero-order chi connectivity index (χ0) is 20.9. The highest BCUT2D eigenvalue weighted by molar-refractivity contribution is 5.69. The van der Waals surface area contributed by atoms with E-state index in [0.717, 1.165) is 42.1 Å². The van der Waals surface area contributed by atoms with E-state index in [9.17, 15) is 5.26 Å². The van der Waals surface area contributed by atoms with Gasteiger partial charge in [-0.15, -0.1) is 5.10 Å². The van der Waals surface area contributed by atoms with E-state index in [2.05, 4.69) is 21.1 Å². The summed E-state index contributed by atoms with van der Waals surface area (Å²) in [4.78, 5) is 6.77. The van der Waals surface area contributed by atoms with Gasteiger partial charge >= 0.3 is 0 Å². The lowest BCUT2D eigenvalue weighted by atomic mass is 10.1. The number of ether oxygens (including phenoxy) is 2. The Kier molecular flexibility index (Phi) is 5.93. The predicted octanol–water partition coefficient (Wildman–Crippen LogP) is 2.48. The van der Waals surface area contributed by atoms with Gasteiger partial charge in [0.2, 0.25) is 5.88 Å². The van der Waals surface area contributed by atoms with Gasteiger partial charge in [0.25, 0.3) is 0 Å². The molecule has 8 heteroatoms. The highest BCUT2D eigenvalue weighted by Gasteiger charge is 2.18. The molecular formula is C22H24N6O2. The number of morpholine rings is 1. The van der Waals surface area contributed by atoms with Gasteiger partial charge in [0, 0.05) is 38.0 Å². The lowest BCUT2D eigenvalue weighted by Crippen LogP contribution is -2.37. The van der Waals surface area contributed by atoms with Crippen molar-refractivity contribution in [2.75, 3.05) is 37.7 Å². The lowest BCUT2D eigenvalue weighted by molar-refractivity contribution is 0.122. The highest BCUT2D eigenvalue weighted by Crippen LogP contribution is 2.34. The number of hydrogen-bond donors (Lipinski definition) is 1. The molecule has 0 amide bonds. The molecule has 0 aliphatic carbocycles. The molecule has 0 spiro atoms. The number of rotatable bonds is 6. The van der Waals surface area contributed by atoms with Crippen LogP contribution in [-0.2, 0) is 18.2 Å². The molecular weight excluding hydrogens is 380 g/mol. The molecule has 3 heterocycles. The summed E-state index contributed by atoms with van der Waals surface area (Å²) in [6, 6.07) is 13.3. The van der Waals surface area contributed by atoms with E-state index < -0.39 is 0 Å². The van der Waals surface area contributed by atoms with Gasteiger partial charge in [-0.2, -0.15) is 5.26 Å². The van der Waals surface area contributed by atoms with Crippen molar-refractivity contribution in [3.05, 3.63) is 53.7 Å². The molecule has 3 aromatic rings. The van der Waals surface area contributed by atoms with E-state index in [1.165, 1.54) is 0 Å². The topological polar surface area (TPSA) is 102 Å². The quantitative estimate of drug-likeness (QED) is 0.673. The van der Waals surface area contributed by atoms with Crippen LogP contribution in [0.25, 0.3) is 11.3 Å². The molecule has 30 heavy (non-hydrogen) atoms. The standard InChI is InChI=1S/C22H24N6O2/c1-27-22(28-8-10-29-11-9-28)13-21(26-27)30-20-12-17(14-24)2-4-18(20)19-5-3-16(6-7-23)15-25-19/h2-5,12-13,15H,6-11,23H2,1H3. The Bertz CT molecular complexity index is 1050. The van der Waals surface area contributed by atoms with Crippen LogP contribution in [0.4, 0.5) is 5.82 Å². The Balaban J connectivity index is 1.64. The van der Waals surface area contributed by atoms with Crippen molar-refractivity contribution in [1.82, 2.24) is 14.8 Å². The summed E-state index contributed by atoms with van der Waals surface area (Å²) in [5, 5.41) is 13.8. The number of nitriles is 1. The van der Waals surface area contributed by atoms with E-state index in [-0.39, 0.29) is 0 Å². The first-order valence-electron chi connectivity index (χ1n) is 9.92. The normalized spacial score (nSPS) is 13.8. The molecule has 0 saturated carbocycles. The van der Waals surface area contributed by atoms with Crippen LogP contribution < -0.4 is 15.4 Å². The van der Waals surface area contributed by atoms with Crippen molar-refractivity contribution in [1.29, 1.82) is 5.26 Å². The molecule has 1 aliphatic heterocycles. The molecule has 2 N–H and O–H groups in total. The van der Waals surface area contributed by atoms with Crippen LogP contribution in [0.3, 0.4) is 0 Å². The number of pyridine rings is 1. The smallest absolute Gasteiger partial charge is 0.240 e. The van der Waals surface area contributed by atoms with Crippen LogP contribution in [-0.4, -0.2) is 47.6 Å². The summed E-state index contributed by atoms with van der Waals surface area (Å²) in [6.45, 7) is 3.60. The molecule has 0 unspecified atom stereocenters. The molecule has 0 radical (unpaired) electrons. The fraction of sp³-hybridized carbons (Fsp3) is 0.318. The SMILES string of the molecule is Cn1nc(Oc2cc(C#N)ccc2-c2ccc(CCN)cn2)cc1N1CCOCC1. The highest BCUT2D eigenvalue weighted by atomic mass is 16.5. The zero-order valence-corrected chi connectivity index (χ0v) is 16.9. The molecule has 1 aliphatic rings. The molecule has 1 fully saturated rings. The van der Waals surface area contributed by atoms with Crippen molar-refractivity contribution < 1.29 is 9.47 Å². The maximum absolute atomic E-state index is 9.33. The Morgan fingerprint density at radius 3 is 2.73 bits per heavy atom. The third-order valence-electron chi connectivity index (χ3n) is 5.03. The molecule has 154 valence electrons.